The molecule has 0 bridgehead atoms. The maximum absolute atomic E-state index is 13.4. The summed E-state index contributed by atoms with van der Waals surface area (Å²) in [6, 6.07) is 12.9. The number of nitrogens with zero attached hydrogens (tertiary/aromatic N) is 4. The molecule has 2 aromatic carbocycles. The Morgan fingerprint density at radius 2 is 1.82 bits per heavy atom. The van der Waals surface area contributed by atoms with Crippen LogP contribution in [0.4, 0.5) is 4.39 Å². The normalized spacial score (nSPS) is 12.6. The summed E-state index contributed by atoms with van der Waals surface area (Å²) in [4.78, 5) is 24.6. The van der Waals surface area contributed by atoms with Gasteiger partial charge in [0.1, 0.15) is 18.3 Å². The number of fused-ring (bicyclic) bond motifs is 1. The zero-order valence-electron chi connectivity index (χ0n) is 19.1. The Bertz CT molecular complexity index is 1340. The van der Waals surface area contributed by atoms with Gasteiger partial charge in [-0.2, -0.15) is 5.10 Å². The minimum Gasteiger partial charge on any atom is -0.422 e. The number of nitrogens with one attached hydrogen (secondary N) is 1. The molecule has 0 aliphatic rings. The minimum atomic E-state index is -0.643. The third-order valence-corrected chi connectivity index (χ3v) is 5.31. The second-order valence-electron chi connectivity index (χ2n) is 9.10. The van der Waals surface area contributed by atoms with E-state index < -0.39 is 23.3 Å². The molecule has 4 rings (SSSR count). The molecule has 34 heavy (non-hydrogen) atoms. The molecule has 0 aliphatic carbocycles. The van der Waals surface area contributed by atoms with Crippen molar-refractivity contribution in [2.75, 3.05) is 0 Å². The molecule has 10 heteroatoms. The van der Waals surface area contributed by atoms with Crippen molar-refractivity contribution in [3.63, 3.8) is 0 Å². The van der Waals surface area contributed by atoms with E-state index in [1.807, 2.05) is 45.0 Å². The Balaban J connectivity index is 1.65. The molecule has 2 amide bonds. The van der Waals surface area contributed by atoms with Crippen molar-refractivity contribution in [2.45, 2.75) is 39.8 Å². The van der Waals surface area contributed by atoms with Crippen LogP contribution >= 0.6 is 0 Å². The summed E-state index contributed by atoms with van der Waals surface area (Å²) >= 11 is 0. The van der Waals surface area contributed by atoms with Gasteiger partial charge in [0.2, 0.25) is 17.7 Å². The summed E-state index contributed by atoms with van der Waals surface area (Å²) in [5.41, 5.74) is 6.58. The van der Waals surface area contributed by atoms with E-state index in [2.05, 4.69) is 20.6 Å². The number of aromatic nitrogens is 4. The standard InChI is InChI=1S/C24H25FN6O3/c1-24(2,3)21(23-29-28-19(34-23)12-18(26)32)27-22(33)20-16-6-4-5-7-17(16)31(30-20)13-14-8-10-15(25)11-9-14/h4-11,21H,12-13H2,1-3H3,(H2,26,32)(H,27,33)/t21-/m1/s1. The number of primary amides is 1. The van der Waals surface area contributed by atoms with Crippen LogP contribution in [-0.4, -0.2) is 31.8 Å². The molecule has 1 atom stereocenters. The molecule has 0 spiro atoms. The minimum absolute atomic E-state index is 0.0834. The van der Waals surface area contributed by atoms with Gasteiger partial charge in [0.05, 0.1) is 12.1 Å². The Hall–Kier alpha value is -4.08. The van der Waals surface area contributed by atoms with Crippen LogP contribution < -0.4 is 11.1 Å². The summed E-state index contributed by atoms with van der Waals surface area (Å²) in [7, 11) is 0. The average molecular weight is 465 g/mol. The fourth-order valence-corrected chi connectivity index (χ4v) is 3.63. The van der Waals surface area contributed by atoms with Gasteiger partial charge in [0.15, 0.2) is 5.69 Å². The van der Waals surface area contributed by atoms with Crippen molar-refractivity contribution >= 4 is 22.7 Å². The summed E-state index contributed by atoms with van der Waals surface area (Å²) in [5, 5.41) is 16.1. The molecule has 0 saturated heterocycles. The summed E-state index contributed by atoms with van der Waals surface area (Å²) in [6.07, 6.45) is -0.184. The Morgan fingerprint density at radius 3 is 2.50 bits per heavy atom. The molecular formula is C24H25FN6O3. The lowest BCUT2D eigenvalue weighted by Gasteiger charge is -2.28. The highest BCUT2D eigenvalue weighted by Gasteiger charge is 2.34. The highest BCUT2D eigenvalue weighted by Crippen LogP contribution is 2.33. The van der Waals surface area contributed by atoms with Crippen molar-refractivity contribution in [3.8, 4) is 0 Å². The van der Waals surface area contributed by atoms with Crippen LogP contribution in [0.3, 0.4) is 0 Å². The van der Waals surface area contributed by atoms with Gasteiger partial charge in [-0.1, -0.05) is 51.1 Å². The second-order valence-corrected chi connectivity index (χ2v) is 9.10. The third kappa shape index (κ3) is 4.95. The number of benzene rings is 2. The Morgan fingerprint density at radius 1 is 1.12 bits per heavy atom. The number of hydrogen-bond donors (Lipinski definition) is 2. The van der Waals surface area contributed by atoms with Crippen LogP contribution in [0.25, 0.3) is 10.9 Å². The van der Waals surface area contributed by atoms with E-state index in [0.29, 0.717) is 11.9 Å². The number of rotatable bonds is 7. The fraction of sp³-hybridized carbons (Fsp3) is 0.292. The van der Waals surface area contributed by atoms with E-state index in [1.54, 1.807) is 16.8 Å². The van der Waals surface area contributed by atoms with Gasteiger partial charge in [0.25, 0.3) is 5.91 Å². The van der Waals surface area contributed by atoms with E-state index in [0.717, 1.165) is 11.1 Å². The SMILES string of the molecule is CC(C)(C)[C@H](NC(=O)c1nn(Cc2ccc(F)cc2)c2ccccc12)c1nnc(CC(N)=O)o1. The smallest absolute Gasteiger partial charge is 0.273 e. The van der Waals surface area contributed by atoms with Crippen LogP contribution in [0.1, 0.15) is 54.6 Å². The topological polar surface area (TPSA) is 129 Å². The number of carbonyl (C=O) groups excluding carboxylic acids is 2. The number of carbonyl (C=O) groups is 2. The van der Waals surface area contributed by atoms with Gasteiger partial charge in [-0.05, 0) is 29.2 Å². The number of amides is 2. The lowest BCUT2D eigenvalue weighted by atomic mass is 9.86. The predicted octanol–water partition coefficient (Wildman–Crippen LogP) is 3.15. The van der Waals surface area contributed by atoms with Crippen molar-refractivity contribution < 1.29 is 18.4 Å². The zero-order chi connectivity index (χ0) is 24.5. The number of nitrogens with two attached hydrogens (primary N) is 1. The van der Waals surface area contributed by atoms with Crippen LogP contribution in [0, 0.1) is 11.2 Å². The molecule has 0 saturated carbocycles. The summed E-state index contributed by atoms with van der Waals surface area (Å²) < 4.78 is 20.6. The molecule has 2 heterocycles. The highest BCUT2D eigenvalue weighted by atomic mass is 19.1. The predicted molar refractivity (Wildman–Crippen MR) is 122 cm³/mol. The largest absolute Gasteiger partial charge is 0.422 e. The van der Waals surface area contributed by atoms with Crippen molar-refractivity contribution in [1.29, 1.82) is 0 Å². The van der Waals surface area contributed by atoms with Gasteiger partial charge in [-0.25, -0.2) is 4.39 Å². The van der Waals surface area contributed by atoms with E-state index >= 15 is 0 Å². The Labute approximate surface area is 195 Å². The van der Waals surface area contributed by atoms with Gasteiger partial charge in [-0.3, -0.25) is 14.3 Å². The fourth-order valence-electron chi connectivity index (χ4n) is 3.63. The van der Waals surface area contributed by atoms with E-state index in [-0.39, 0.29) is 29.7 Å². The maximum atomic E-state index is 13.4. The first-order valence-corrected chi connectivity index (χ1v) is 10.7. The van der Waals surface area contributed by atoms with E-state index in [1.165, 1.54) is 12.1 Å². The summed E-state index contributed by atoms with van der Waals surface area (Å²) in [6.45, 7) is 6.13. The first-order valence-electron chi connectivity index (χ1n) is 10.7. The molecule has 3 N–H and O–H groups in total. The number of para-hydroxylation sites is 1. The highest BCUT2D eigenvalue weighted by molar-refractivity contribution is 6.05. The monoisotopic (exact) mass is 464 g/mol. The molecule has 2 aromatic heterocycles. The van der Waals surface area contributed by atoms with Crippen molar-refractivity contribution in [1.82, 2.24) is 25.3 Å². The van der Waals surface area contributed by atoms with Crippen LogP contribution in [0.2, 0.25) is 0 Å². The molecule has 0 fully saturated rings. The maximum Gasteiger partial charge on any atom is 0.273 e. The van der Waals surface area contributed by atoms with Crippen molar-refractivity contribution in [2.24, 2.45) is 11.1 Å². The number of halogens is 1. The van der Waals surface area contributed by atoms with E-state index in [4.69, 9.17) is 10.2 Å². The molecular weight excluding hydrogens is 439 g/mol. The average Bonchev–Trinajstić information content (AvgIpc) is 3.37. The van der Waals surface area contributed by atoms with Crippen molar-refractivity contribution in [3.05, 3.63) is 77.4 Å². The number of hydrogen-bond acceptors (Lipinski definition) is 6. The molecule has 9 nitrogen and oxygen atoms in total. The Kier molecular flexibility index (Phi) is 6.14. The first kappa shape index (κ1) is 23.1. The van der Waals surface area contributed by atoms with Gasteiger partial charge in [-0.15, -0.1) is 10.2 Å². The molecule has 0 unspecified atom stereocenters. The van der Waals surface area contributed by atoms with Crippen LogP contribution in [0.5, 0.6) is 0 Å². The van der Waals surface area contributed by atoms with Gasteiger partial charge >= 0.3 is 0 Å². The van der Waals surface area contributed by atoms with Crippen LogP contribution in [0.15, 0.2) is 52.9 Å². The van der Waals surface area contributed by atoms with Gasteiger partial charge < -0.3 is 15.5 Å². The lowest BCUT2D eigenvalue weighted by molar-refractivity contribution is -0.117. The molecule has 0 aliphatic heterocycles. The van der Waals surface area contributed by atoms with E-state index in [9.17, 15) is 14.0 Å². The zero-order valence-corrected chi connectivity index (χ0v) is 19.1. The third-order valence-electron chi connectivity index (χ3n) is 5.31. The molecule has 176 valence electrons. The first-order chi connectivity index (χ1) is 16.1. The second kappa shape index (κ2) is 9.05. The van der Waals surface area contributed by atoms with Gasteiger partial charge in [0, 0.05) is 5.39 Å². The quantitative estimate of drug-likeness (QED) is 0.432. The van der Waals surface area contributed by atoms with Crippen LogP contribution in [-0.2, 0) is 17.8 Å². The lowest BCUT2D eigenvalue weighted by Crippen LogP contribution is -2.37. The molecule has 4 aromatic rings. The molecule has 0 radical (unpaired) electrons. The summed E-state index contributed by atoms with van der Waals surface area (Å²) in [5.74, 6) is -1.07.